The van der Waals surface area contributed by atoms with Crippen molar-refractivity contribution in [1.29, 1.82) is 0 Å². The number of likely N-dealkylation sites (tertiary alicyclic amines) is 2. The van der Waals surface area contributed by atoms with Crippen LogP contribution in [0.15, 0.2) is 0 Å². The lowest BCUT2D eigenvalue weighted by molar-refractivity contribution is -0.171. The summed E-state index contributed by atoms with van der Waals surface area (Å²) in [5.41, 5.74) is -0.854. The Bertz CT molecular complexity index is 256. The molecule has 1 amide bonds. The highest BCUT2D eigenvalue weighted by Crippen LogP contribution is 2.39. The SMILES string of the molecule is CN1CC2(C1)CN(C(=O)C(C)(C)O)C2. The standard InChI is InChI=1S/C10H18N2O2/c1-9(2,14)8(13)12-6-10(7-12)4-11(3)5-10/h14H,4-7H2,1-3H3. The minimum absolute atomic E-state index is 0.141. The fourth-order valence-corrected chi connectivity index (χ4v) is 2.59. The number of rotatable bonds is 1. The highest BCUT2D eigenvalue weighted by atomic mass is 16.3. The Labute approximate surface area is 84.5 Å². The van der Waals surface area contributed by atoms with Crippen LogP contribution in [0.25, 0.3) is 0 Å². The van der Waals surface area contributed by atoms with E-state index in [4.69, 9.17) is 0 Å². The van der Waals surface area contributed by atoms with Gasteiger partial charge in [0.2, 0.25) is 0 Å². The number of carbonyl (C=O) groups is 1. The van der Waals surface area contributed by atoms with Gasteiger partial charge in [0.15, 0.2) is 0 Å². The second kappa shape index (κ2) is 2.70. The number of aliphatic hydroxyl groups is 1. The molecule has 0 aromatic heterocycles. The van der Waals surface area contributed by atoms with Gasteiger partial charge in [-0.25, -0.2) is 0 Å². The third kappa shape index (κ3) is 1.42. The lowest BCUT2D eigenvalue weighted by atomic mass is 9.72. The van der Waals surface area contributed by atoms with E-state index in [1.165, 1.54) is 0 Å². The number of nitrogens with zero attached hydrogens (tertiary/aromatic N) is 2. The fraction of sp³-hybridized carbons (Fsp3) is 0.900. The maximum Gasteiger partial charge on any atom is 0.253 e. The Hall–Kier alpha value is -0.610. The van der Waals surface area contributed by atoms with Gasteiger partial charge in [-0.05, 0) is 20.9 Å². The first-order valence-electron chi connectivity index (χ1n) is 5.03. The van der Waals surface area contributed by atoms with Crippen molar-refractivity contribution in [3.8, 4) is 0 Å². The van der Waals surface area contributed by atoms with E-state index in [0.717, 1.165) is 26.2 Å². The van der Waals surface area contributed by atoms with E-state index >= 15 is 0 Å². The van der Waals surface area contributed by atoms with E-state index in [-0.39, 0.29) is 5.91 Å². The Morgan fingerprint density at radius 3 is 2.14 bits per heavy atom. The molecule has 0 aromatic carbocycles. The molecule has 80 valence electrons. The maximum absolute atomic E-state index is 11.6. The minimum Gasteiger partial charge on any atom is -0.381 e. The van der Waals surface area contributed by atoms with Gasteiger partial charge in [-0.2, -0.15) is 0 Å². The molecule has 0 saturated carbocycles. The molecule has 4 heteroatoms. The van der Waals surface area contributed by atoms with Crippen LogP contribution in [-0.2, 0) is 4.79 Å². The highest BCUT2D eigenvalue weighted by Gasteiger charge is 2.53. The molecule has 0 radical (unpaired) electrons. The van der Waals surface area contributed by atoms with Gasteiger partial charge in [-0.15, -0.1) is 0 Å². The van der Waals surface area contributed by atoms with E-state index in [1.807, 2.05) is 0 Å². The lowest BCUT2D eigenvalue weighted by Gasteiger charge is -2.60. The summed E-state index contributed by atoms with van der Waals surface area (Å²) in [6.07, 6.45) is 0. The summed E-state index contributed by atoms with van der Waals surface area (Å²) in [5, 5.41) is 9.53. The predicted molar refractivity (Wildman–Crippen MR) is 52.8 cm³/mol. The van der Waals surface area contributed by atoms with Gasteiger partial charge in [0.05, 0.1) is 0 Å². The van der Waals surface area contributed by atoms with Gasteiger partial charge in [0.25, 0.3) is 5.91 Å². The molecule has 2 aliphatic heterocycles. The van der Waals surface area contributed by atoms with Crippen molar-refractivity contribution in [2.75, 3.05) is 33.2 Å². The van der Waals surface area contributed by atoms with Crippen molar-refractivity contribution >= 4 is 5.91 Å². The molecule has 14 heavy (non-hydrogen) atoms. The lowest BCUT2D eigenvalue weighted by Crippen LogP contribution is -2.73. The Morgan fingerprint density at radius 1 is 1.29 bits per heavy atom. The number of carbonyl (C=O) groups excluding carboxylic acids is 1. The molecule has 0 bridgehead atoms. The normalized spacial score (nSPS) is 25.9. The molecule has 0 aromatic rings. The molecule has 0 unspecified atom stereocenters. The molecular weight excluding hydrogens is 180 g/mol. The highest BCUT2D eigenvalue weighted by molar-refractivity contribution is 5.85. The predicted octanol–water partition coefficient (Wildman–Crippen LogP) is -0.469. The Morgan fingerprint density at radius 2 is 1.79 bits per heavy atom. The smallest absolute Gasteiger partial charge is 0.253 e. The topological polar surface area (TPSA) is 43.8 Å². The second-order valence-corrected chi connectivity index (χ2v) is 5.39. The van der Waals surface area contributed by atoms with Gasteiger partial charge in [-0.1, -0.05) is 0 Å². The summed E-state index contributed by atoms with van der Waals surface area (Å²) in [5.74, 6) is -0.141. The summed E-state index contributed by atoms with van der Waals surface area (Å²) in [6, 6.07) is 0. The van der Waals surface area contributed by atoms with Crippen LogP contribution in [0.3, 0.4) is 0 Å². The molecule has 0 atom stereocenters. The van der Waals surface area contributed by atoms with Gasteiger partial charge in [-0.3, -0.25) is 4.79 Å². The Balaban J connectivity index is 1.86. The minimum atomic E-state index is -1.21. The van der Waals surface area contributed by atoms with Gasteiger partial charge in [0.1, 0.15) is 5.60 Å². The molecule has 0 aliphatic carbocycles. The van der Waals surface area contributed by atoms with Crippen LogP contribution in [0.1, 0.15) is 13.8 Å². The summed E-state index contributed by atoms with van der Waals surface area (Å²) < 4.78 is 0. The molecule has 2 aliphatic rings. The van der Waals surface area contributed by atoms with Crippen LogP contribution in [0.4, 0.5) is 0 Å². The molecule has 1 spiro atoms. The second-order valence-electron chi connectivity index (χ2n) is 5.39. The van der Waals surface area contributed by atoms with E-state index < -0.39 is 5.60 Å². The van der Waals surface area contributed by atoms with E-state index in [2.05, 4.69) is 11.9 Å². The zero-order chi connectivity index (χ0) is 10.6. The van der Waals surface area contributed by atoms with Gasteiger partial charge < -0.3 is 14.9 Å². The first kappa shape index (κ1) is 9.93. The van der Waals surface area contributed by atoms with Crippen LogP contribution < -0.4 is 0 Å². The maximum atomic E-state index is 11.6. The zero-order valence-electron chi connectivity index (χ0n) is 9.08. The fourth-order valence-electron chi connectivity index (χ4n) is 2.59. The van der Waals surface area contributed by atoms with Crippen LogP contribution in [-0.4, -0.2) is 59.6 Å². The number of hydrogen-bond donors (Lipinski definition) is 1. The van der Waals surface area contributed by atoms with Crippen LogP contribution in [0.2, 0.25) is 0 Å². The molecular formula is C10H18N2O2. The summed E-state index contributed by atoms with van der Waals surface area (Å²) in [6.45, 7) is 6.91. The van der Waals surface area contributed by atoms with Crippen LogP contribution in [0, 0.1) is 5.41 Å². The monoisotopic (exact) mass is 198 g/mol. The zero-order valence-corrected chi connectivity index (χ0v) is 9.08. The average Bonchev–Trinajstić information content (AvgIpc) is 1.90. The molecule has 2 saturated heterocycles. The Kier molecular flexibility index (Phi) is 1.92. The van der Waals surface area contributed by atoms with Crippen molar-refractivity contribution in [2.45, 2.75) is 19.4 Å². The van der Waals surface area contributed by atoms with E-state index in [1.54, 1.807) is 18.7 Å². The van der Waals surface area contributed by atoms with Gasteiger partial charge >= 0.3 is 0 Å². The van der Waals surface area contributed by atoms with Crippen molar-refractivity contribution in [1.82, 2.24) is 9.80 Å². The molecule has 4 nitrogen and oxygen atoms in total. The van der Waals surface area contributed by atoms with Crippen molar-refractivity contribution in [3.63, 3.8) is 0 Å². The molecule has 2 fully saturated rings. The molecule has 1 N–H and O–H groups in total. The first-order chi connectivity index (χ1) is 6.32. The summed E-state index contributed by atoms with van der Waals surface area (Å²) in [4.78, 5) is 15.6. The number of hydrogen-bond acceptors (Lipinski definition) is 3. The van der Waals surface area contributed by atoms with E-state index in [9.17, 15) is 9.90 Å². The van der Waals surface area contributed by atoms with Crippen molar-refractivity contribution < 1.29 is 9.90 Å². The number of amides is 1. The quantitative estimate of drug-likeness (QED) is 0.619. The first-order valence-corrected chi connectivity index (χ1v) is 5.03. The van der Waals surface area contributed by atoms with Crippen molar-refractivity contribution in [2.24, 2.45) is 5.41 Å². The van der Waals surface area contributed by atoms with Gasteiger partial charge in [0, 0.05) is 31.6 Å². The summed E-state index contributed by atoms with van der Waals surface area (Å²) in [7, 11) is 2.09. The third-order valence-electron chi connectivity index (χ3n) is 3.07. The van der Waals surface area contributed by atoms with Crippen molar-refractivity contribution in [3.05, 3.63) is 0 Å². The summed E-state index contributed by atoms with van der Waals surface area (Å²) >= 11 is 0. The van der Waals surface area contributed by atoms with Crippen LogP contribution in [0.5, 0.6) is 0 Å². The molecule has 2 heterocycles. The largest absolute Gasteiger partial charge is 0.381 e. The third-order valence-corrected chi connectivity index (χ3v) is 3.07. The molecule has 2 rings (SSSR count). The van der Waals surface area contributed by atoms with Crippen LogP contribution >= 0.6 is 0 Å². The average molecular weight is 198 g/mol. The van der Waals surface area contributed by atoms with E-state index in [0.29, 0.717) is 5.41 Å².